The number of hydrogen-bond donors (Lipinski definition) is 1. The number of nitrogens with zero attached hydrogens (tertiary/aromatic N) is 3. The van der Waals surface area contributed by atoms with Crippen LogP contribution in [0, 0.1) is 6.92 Å². The van der Waals surface area contributed by atoms with Gasteiger partial charge in [-0.05, 0) is 13.0 Å². The van der Waals surface area contributed by atoms with Crippen LogP contribution in [0.25, 0.3) is 0 Å². The molecule has 0 fully saturated rings. The number of aliphatic carboxylic acids is 1. The van der Waals surface area contributed by atoms with Gasteiger partial charge in [0.05, 0.1) is 12.5 Å². The molecule has 1 atom stereocenters. The van der Waals surface area contributed by atoms with Crippen LogP contribution < -0.4 is 0 Å². The molecule has 1 unspecified atom stereocenters. The summed E-state index contributed by atoms with van der Waals surface area (Å²) >= 11 is 0. The topological polar surface area (TPSA) is 88.6 Å². The van der Waals surface area contributed by atoms with Crippen molar-refractivity contribution in [3.05, 3.63) is 41.4 Å². The number of rotatable bonds is 2. The summed E-state index contributed by atoms with van der Waals surface area (Å²) in [6.07, 6.45) is 3.44. The van der Waals surface area contributed by atoms with Crippen LogP contribution in [0.3, 0.4) is 0 Å². The van der Waals surface area contributed by atoms with E-state index >= 15 is 0 Å². The van der Waals surface area contributed by atoms with Crippen molar-refractivity contribution in [2.75, 3.05) is 6.54 Å². The molecule has 0 aromatic carbocycles. The highest BCUT2D eigenvalue weighted by molar-refractivity contribution is 5.95. The van der Waals surface area contributed by atoms with Crippen LogP contribution in [0.5, 0.6) is 0 Å². The normalized spacial score (nSPS) is 17.6. The number of aryl methyl sites for hydroxylation is 1. The molecule has 1 amide bonds. The van der Waals surface area contributed by atoms with Gasteiger partial charge in [0.2, 0.25) is 0 Å². The van der Waals surface area contributed by atoms with E-state index < -0.39 is 12.0 Å². The third kappa shape index (κ3) is 2.01. The average Bonchev–Trinajstić information content (AvgIpc) is 3.04. The van der Waals surface area contributed by atoms with Crippen molar-refractivity contribution in [1.82, 2.24) is 14.5 Å². The summed E-state index contributed by atoms with van der Waals surface area (Å²) in [5.41, 5.74) is 0.923. The van der Waals surface area contributed by atoms with Crippen molar-refractivity contribution >= 4 is 11.9 Å². The predicted molar refractivity (Wildman–Crippen MR) is 71.8 cm³/mol. The molecular weight excluding hydrogens is 274 g/mol. The highest BCUT2D eigenvalue weighted by atomic mass is 16.4. The van der Waals surface area contributed by atoms with Gasteiger partial charge < -0.3 is 19.0 Å². The second kappa shape index (κ2) is 4.76. The van der Waals surface area contributed by atoms with E-state index in [0.717, 1.165) is 0 Å². The van der Waals surface area contributed by atoms with E-state index in [4.69, 9.17) is 4.42 Å². The van der Waals surface area contributed by atoms with Gasteiger partial charge in [-0.3, -0.25) is 4.79 Å². The zero-order valence-electron chi connectivity index (χ0n) is 11.7. The molecule has 3 rings (SSSR count). The van der Waals surface area contributed by atoms with Gasteiger partial charge in [-0.2, -0.15) is 0 Å². The number of imidazole rings is 1. The third-order valence-corrected chi connectivity index (χ3v) is 3.90. The molecule has 1 aliphatic rings. The Kier molecular flexibility index (Phi) is 3.04. The first-order valence-electron chi connectivity index (χ1n) is 6.59. The standard InChI is InChI=1S/C14H15N3O4/c1-8-15-7-10(16(8)2)13(18)17-5-3-11-9(4-6-21-11)12(17)14(19)20/h4,6-7,12H,3,5H2,1-2H3,(H,19,20). The Morgan fingerprint density at radius 1 is 1.48 bits per heavy atom. The van der Waals surface area contributed by atoms with Gasteiger partial charge in [-0.15, -0.1) is 0 Å². The van der Waals surface area contributed by atoms with Crippen LogP contribution in [0.4, 0.5) is 0 Å². The summed E-state index contributed by atoms with van der Waals surface area (Å²) in [6, 6.07) is 0.595. The smallest absolute Gasteiger partial charge is 0.331 e. The maximum Gasteiger partial charge on any atom is 0.331 e. The van der Waals surface area contributed by atoms with E-state index in [-0.39, 0.29) is 5.91 Å². The number of carboxylic acids is 1. The lowest BCUT2D eigenvalue weighted by Crippen LogP contribution is -2.43. The largest absolute Gasteiger partial charge is 0.479 e. The molecule has 1 N–H and O–H groups in total. The van der Waals surface area contributed by atoms with Crippen molar-refractivity contribution in [1.29, 1.82) is 0 Å². The molecule has 7 nitrogen and oxygen atoms in total. The maximum atomic E-state index is 12.7. The predicted octanol–water partition coefficient (Wildman–Crippen LogP) is 1.15. The van der Waals surface area contributed by atoms with Crippen LogP contribution >= 0.6 is 0 Å². The average molecular weight is 289 g/mol. The fourth-order valence-corrected chi connectivity index (χ4v) is 2.65. The van der Waals surface area contributed by atoms with Crippen molar-refractivity contribution < 1.29 is 19.1 Å². The first-order chi connectivity index (χ1) is 10.0. The molecule has 0 bridgehead atoms. The molecule has 0 saturated heterocycles. The van der Waals surface area contributed by atoms with Gasteiger partial charge in [0.25, 0.3) is 5.91 Å². The van der Waals surface area contributed by atoms with Gasteiger partial charge in [0, 0.05) is 25.6 Å². The Balaban J connectivity index is 2.00. The third-order valence-electron chi connectivity index (χ3n) is 3.90. The van der Waals surface area contributed by atoms with Crippen LogP contribution in [0.1, 0.15) is 33.7 Å². The Labute approximate surface area is 120 Å². The zero-order chi connectivity index (χ0) is 15.1. The first-order valence-corrected chi connectivity index (χ1v) is 6.59. The Morgan fingerprint density at radius 2 is 2.24 bits per heavy atom. The molecule has 2 aromatic rings. The quantitative estimate of drug-likeness (QED) is 0.895. The van der Waals surface area contributed by atoms with Crippen molar-refractivity contribution in [2.24, 2.45) is 7.05 Å². The van der Waals surface area contributed by atoms with Crippen molar-refractivity contribution in [3.63, 3.8) is 0 Å². The molecule has 0 radical (unpaired) electrons. The van der Waals surface area contributed by atoms with Crippen LogP contribution in [-0.2, 0) is 18.3 Å². The van der Waals surface area contributed by atoms with Gasteiger partial charge in [0.15, 0.2) is 6.04 Å². The lowest BCUT2D eigenvalue weighted by Gasteiger charge is -2.32. The molecule has 7 heteroatoms. The number of furan rings is 1. The lowest BCUT2D eigenvalue weighted by molar-refractivity contribution is -0.143. The SMILES string of the molecule is Cc1ncc(C(=O)N2CCc3occc3C2C(=O)O)n1C. The van der Waals surface area contributed by atoms with Crippen molar-refractivity contribution in [2.45, 2.75) is 19.4 Å². The van der Waals surface area contributed by atoms with Crippen LogP contribution in [-0.4, -0.2) is 38.0 Å². The van der Waals surface area contributed by atoms with E-state index in [9.17, 15) is 14.7 Å². The second-order valence-electron chi connectivity index (χ2n) is 5.04. The molecule has 0 saturated carbocycles. The number of carboxylic acid groups (broad SMARTS) is 1. The molecule has 21 heavy (non-hydrogen) atoms. The minimum Gasteiger partial charge on any atom is -0.479 e. The highest BCUT2D eigenvalue weighted by Gasteiger charge is 2.38. The highest BCUT2D eigenvalue weighted by Crippen LogP contribution is 2.31. The summed E-state index contributed by atoms with van der Waals surface area (Å²) in [7, 11) is 1.73. The summed E-state index contributed by atoms with van der Waals surface area (Å²) < 4.78 is 6.94. The number of fused-ring (bicyclic) bond motifs is 1. The van der Waals surface area contributed by atoms with Gasteiger partial charge in [-0.1, -0.05) is 0 Å². The fourth-order valence-electron chi connectivity index (χ4n) is 2.65. The summed E-state index contributed by atoms with van der Waals surface area (Å²) in [5, 5.41) is 9.49. The monoisotopic (exact) mass is 289 g/mol. The van der Waals surface area contributed by atoms with E-state index in [2.05, 4.69) is 4.98 Å². The van der Waals surface area contributed by atoms with Crippen LogP contribution in [0.2, 0.25) is 0 Å². The van der Waals surface area contributed by atoms with Gasteiger partial charge >= 0.3 is 5.97 Å². The molecule has 110 valence electrons. The molecular formula is C14H15N3O4. The molecule has 0 spiro atoms. The summed E-state index contributed by atoms with van der Waals surface area (Å²) in [6.45, 7) is 2.09. The van der Waals surface area contributed by atoms with E-state index in [1.54, 1.807) is 24.6 Å². The number of amides is 1. The molecule has 2 aromatic heterocycles. The van der Waals surface area contributed by atoms with Gasteiger partial charge in [-0.25, -0.2) is 9.78 Å². The second-order valence-corrected chi connectivity index (χ2v) is 5.04. The van der Waals surface area contributed by atoms with Gasteiger partial charge in [0.1, 0.15) is 17.3 Å². The molecule has 1 aliphatic heterocycles. The fraction of sp³-hybridized carbons (Fsp3) is 0.357. The van der Waals surface area contributed by atoms with E-state index in [1.165, 1.54) is 17.4 Å². The number of carbonyl (C=O) groups excluding carboxylic acids is 1. The minimum atomic E-state index is -1.07. The van der Waals surface area contributed by atoms with Crippen LogP contribution in [0.15, 0.2) is 22.9 Å². The number of carbonyl (C=O) groups is 2. The number of hydrogen-bond acceptors (Lipinski definition) is 4. The molecule has 0 aliphatic carbocycles. The minimum absolute atomic E-state index is 0.306. The Bertz CT molecular complexity index is 716. The zero-order valence-corrected chi connectivity index (χ0v) is 11.7. The van der Waals surface area contributed by atoms with E-state index in [0.29, 0.717) is 35.8 Å². The van der Waals surface area contributed by atoms with Crippen molar-refractivity contribution in [3.8, 4) is 0 Å². The maximum absolute atomic E-state index is 12.7. The first kappa shape index (κ1) is 13.4. The summed E-state index contributed by atoms with van der Waals surface area (Å²) in [5.74, 6) is -0.0687. The lowest BCUT2D eigenvalue weighted by atomic mass is 9.99. The molecule has 3 heterocycles. The Hall–Kier alpha value is -2.57. The van der Waals surface area contributed by atoms with E-state index in [1.807, 2.05) is 0 Å². The summed E-state index contributed by atoms with van der Waals surface area (Å²) in [4.78, 5) is 29.7. The number of aromatic nitrogens is 2. The Morgan fingerprint density at radius 3 is 2.86 bits per heavy atom.